The number of hydrogen-bond acceptors (Lipinski definition) is 4. The summed E-state index contributed by atoms with van der Waals surface area (Å²) in [6, 6.07) is 12.9. The maximum atomic E-state index is 13.1. The van der Waals surface area contributed by atoms with Gasteiger partial charge < -0.3 is 4.90 Å². The lowest BCUT2D eigenvalue weighted by atomic mass is 10.2. The van der Waals surface area contributed by atoms with E-state index in [2.05, 4.69) is 15.4 Å². The van der Waals surface area contributed by atoms with Crippen LogP contribution in [0.15, 0.2) is 48.5 Å². The summed E-state index contributed by atoms with van der Waals surface area (Å²) < 4.78 is 13.1. The lowest BCUT2D eigenvalue weighted by Gasteiger charge is -2.20. The highest BCUT2D eigenvalue weighted by Gasteiger charge is 2.17. The number of halogens is 2. The second-order valence-electron chi connectivity index (χ2n) is 5.24. The number of nitrogens with zero attached hydrogens (tertiary/aromatic N) is 5. The molecule has 1 heterocycles. The Kier molecular flexibility index (Phi) is 5.04. The molecule has 0 N–H and O–H groups in total. The molecule has 0 saturated heterocycles. The van der Waals surface area contributed by atoms with Crippen molar-refractivity contribution in [3.05, 3.63) is 59.4 Å². The normalized spacial score (nSPS) is 10.7. The Morgan fingerprint density at radius 3 is 2.60 bits per heavy atom. The summed E-state index contributed by atoms with van der Waals surface area (Å²) in [5.41, 5.74) is 1.26. The molecule has 0 unspecified atom stereocenters. The van der Waals surface area contributed by atoms with Gasteiger partial charge in [0.2, 0.25) is 5.82 Å². The van der Waals surface area contributed by atoms with Crippen LogP contribution < -0.4 is 4.90 Å². The smallest absolute Gasteiger partial charge is 0.250 e. The zero-order chi connectivity index (χ0) is 17.8. The van der Waals surface area contributed by atoms with Crippen LogP contribution in [0.25, 0.3) is 11.4 Å². The van der Waals surface area contributed by atoms with Crippen LogP contribution in [0.2, 0.25) is 5.02 Å². The number of aromatic nitrogens is 4. The molecule has 25 heavy (non-hydrogen) atoms. The molecule has 1 aromatic heterocycles. The number of likely N-dealkylation sites (N-methyl/N-ethyl adjacent to an activating group) is 1. The van der Waals surface area contributed by atoms with Crippen molar-refractivity contribution in [2.75, 3.05) is 11.4 Å². The average molecular weight is 360 g/mol. The Labute approximate surface area is 148 Å². The number of rotatable bonds is 5. The summed E-state index contributed by atoms with van der Waals surface area (Å²) in [5.74, 6) is -0.227. The zero-order valence-electron chi connectivity index (χ0n) is 13.4. The number of carbonyl (C=O) groups excluding carboxylic acids is 1. The van der Waals surface area contributed by atoms with Crippen molar-refractivity contribution in [1.82, 2.24) is 20.2 Å². The van der Waals surface area contributed by atoms with Gasteiger partial charge in [0.1, 0.15) is 12.4 Å². The number of amides is 1. The highest BCUT2D eigenvalue weighted by atomic mass is 35.5. The fraction of sp³-hybridized carbons (Fsp3) is 0.176. The fourth-order valence-electron chi connectivity index (χ4n) is 2.39. The van der Waals surface area contributed by atoms with Crippen LogP contribution in [0.1, 0.15) is 6.92 Å². The van der Waals surface area contributed by atoms with Gasteiger partial charge in [0, 0.05) is 17.8 Å². The summed E-state index contributed by atoms with van der Waals surface area (Å²) in [4.78, 5) is 15.3. The second kappa shape index (κ2) is 7.40. The fourth-order valence-corrected chi connectivity index (χ4v) is 2.61. The molecule has 0 spiro atoms. The first-order valence-corrected chi connectivity index (χ1v) is 8.05. The SMILES string of the molecule is CCN(C(=O)Cn1nnc(-c2ccccc2Cl)n1)c1ccc(F)cc1. The van der Waals surface area contributed by atoms with Crippen molar-refractivity contribution in [2.24, 2.45) is 0 Å². The predicted molar refractivity (Wildman–Crippen MR) is 92.7 cm³/mol. The van der Waals surface area contributed by atoms with Gasteiger partial charge in [-0.2, -0.15) is 4.80 Å². The van der Waals surface area contributed by atoms with Gasteiger partial charge in [0.15, 0.2) is 0 Å². The highest BCUT2D eigenvalue weighted by Crippen LogP contribution is 2.23. The van der Waals surface area contributed by atoms with Gasteiger partial charge >= 0.3 is 0 Å². The van der Waals surface area contributed by atoms with E-state index in [1.165, 1.54) is 21.8 Å². The molecule has 0 aliphatic heterocycles. The van der Waals surface area contributed by atoms with E-state index in [0.29, 0.717) is 28.6 Å². The quantitative estimate of drug-likeness (QED) is 0.701. The number of hydrogen-bond donors (Lipinski definition) is 0. The van der Waals surface area contributed by atoms with Crippen LogP contribution in [-0.4, -0.2) is 32.7 Å². The number of carbonyl (C=O) groups is 1. The summed E-state index contributed by atoms with van der Waals surface area (Å²) in [5, 5.41) is 12.6. The average Bonchev–Trinajstić information content (AvgIpc) is 3.06. The van der Waals surface area contributed by atoms with Crippen molar-refractivity contribution in [2.45, 2.75) is 13.5 Å². The monoisotopic (exact) mass is 359 g/mol. The molecule has 1 amide bonds. The van der Waals surface area contributed by atoms with Crippen LogP contribution in [0.3, 0.4) is 0 Å². The Balaban J connectivity index is 1.76. The van der Waals surface area contributed by atoms with Gasteiger partial charge in [-0.15, -0.1) is 10.2 Å². The van der Waals surface area contributed by atoms with E-state index in [-0.39, 0.29) is 18.3 Å². The molecule has 0 aliphatic rings. The van der Waals surface area contributed by atoms with Gasteiger partial charge in [0.25, 0.3) is 5.91 Å². The molecule has 0 atom stereocenters. The third-order valence-electron chi connectivity index (χ3n) is 3.60. The van der Waals surface area contributed by atoms with Gasteiger partial charge in [-0.1, -0.05) is 23.7 Å². The Hall–Kier alpha value is -2.80. The molecule has 0 bridgehead atoms. The van der Waals surface area contributed by atoms with Crippen LogP contribution >= 0.6 is 11.6 Å². The lowest BCUT2D eigenvalue weighted by Crippen LogP contribution is -2.34. The molecule has 0 radical (unpaired) electrons. The van der Waals surface area contributed by atoms with Crippen molar-refractivity contribution >= 4 is 23.2 Å². The van der Waals surface area contributed by atoms with Crippen molar-refractivity contribution in [1.29, 1.82) is 0 Å². The third-order valence-corrected chi connectivity index (χ3v) is 3.93. The van der Waals surface area contributed by atoms with E-state index in [1.54, 1.807) is 24.3 Å². The minimum Gasteiger partial charge on any atom is -0.311 e. The number of tetrazole rings is 1. The van der Waals surface area contributed by atoms with Crippen LogP contribution in [0, 0.1) is 5.82 Å². The van der Waals surface area contributed by atoms with Crippen LogP contribution in [-0.2, 0) is 11.3 Å². The summed E-state index contributed by atoms with van der Waals surface area (Å²) in [6.45, 7) is 2.20. The van der Waals surface area contributed by atoms with E-state index in [4.69, 9.17) is 11.6 Å². The predicted octanol–water partition coefficient (Wildman–Crippen LogP) is 3.19. The van der Waals surface area contributed by atoms with E-state index >= 15 is 0 Å². The van der Waals surface area contributed by atoms with Crippen LogP contribution in [0.5, 0.6) is 0 Å². The minimum absolute atomic E-state index is 0.0807. The first kappa shape index (κ1) is 17.0. The maximum Gasteiger partial charge on any atom is 0.250 e. The lowest BCUT2D eigenvalue weighted by molar-refractivity contribution is -0.119. The van der Waals surface area contributed by atoms with Crippen LogP contribution in [0.4, 0.5) is 10.1 Å². The first-order valence-electron chi connectivity index (χ1n) is 7.67. The van der Waals surface area contributed by atoms with Gasteiger partial charge in [-0.05, 0) is 48.5 Å². The van der Waals surface area contributed by atoms with Crippen molar-refractivity contribution < 1.29 is 9.18 Å². The summed E-state index contributed by atoms with van der Waals surface area (Å²) >= 11 is 6.12. The Bertz CT molecular complexity index is 881. The largest absolute Gasteiger partial charge is 0.311 e. The molecule has 128 valence electrons. The molecule has 0 saturated carbocycles. The Morgan fingerprint density at radius 2 is 1.92 bits per heavy atom. The van der Waals surface area contributed by atoms with E-state index in [1.807, 2.05) is 19.1 Å². The molecule has 8 heteroatoms. The Morgan fingerprint density at radius 1 is 1.20 bits per heavy atom. The molecular formula is C17H15ClFN5O. The van der Waals surface area contributed by atoms with E-state index in [9.17, 15) is 9.18 Å². The van der Waals surface area contributed by atoms with Crippen molar-refractivity contribution in [3.8, 4) is 11.4 Å². The molecule has 3 aromatic rings. The zero-order valence-corrected chi connectivity index (χ0v) is 14.2. The molecule has 3 rings (SSSR count). The minimum atomic E-state index is -0.352. The summed E-state index contributed by atoms with van der Waals surface area (Å²) in [6.07, 6.45) is 0. The first-order chi connectivity index (χ1) is 12.1. The second-order valence-corrected chi connectivity index (χ2v) is 5.64. The molecule has 0 aliphatic carbocycles. The standard InChI is InChI=1S/C17H15ClFN5O/c1-2-23(13-9-7-12(19)8-10-13)16(25)11-24-21-17(20-22-24)14-5-3-4-6-15(14)18/h3-10H,2,11H2,1H3. The number of benzene rings is 2. The van der Waals surface area contributed by atoms with E-state index < -0.39 is 0 Å². The van der Waals surface area contributed by atoms with Gasteiger partial charge in [0.05, 0.1) is 5.02 Å². The summed E-state index contributed by atoms with van der Waals surface area (Å²) in [7, 11) is 0. The molecule has 0 fully saturated rings. The third kappa shape index (κ3) is 3.83. The molecule has 6 nitrogen and oxygen atoms in total. The van der Waals surface area contributed by atoms with Gasteiger partial charge in [-0.3, -0.25) is 4.79 Å². The molecule has 2 aromatic carbocycles. The topological polar surface area (TPSA) is 63.9 Å². The number of anilines is 1. The highest BCUT2D eigenvalue weighted by molar-refractivity contribution is 6.33. The van der Waals surface area contributed by atoms with Crippen molar-refractivity contribution in [3.63, 3.8) is 0 Å². The van der Waals surface area contributed by atoms with Gasteiger partial charge in [-0.25, -0.2) is 4.39 Å². The molecular weight excluding hydrogens is 345 g/mol. The van der Waals surface area contributed by atoms with E-state index in [0.717, 1.165) is 0 Å². The maximum absolute atomic E-state index is 13.1.